The Hall–Kier alpha value is -6.18. The van der Waals surface area contributed by atoms with Crippen molar-refractivity contribution in [3.05, 3.63) is 83.7 Å². The quantitative estimate of drug-likeness (QED) is 0.0913. The van der Waals surface area contributed by atoms with Crippen LogP contribution in [0.4, 0.5) is 9.59 Å². The standard InChI is InChI=1S/C48H62N8O8/c1-7-31(3)55(45(57)43(53-47(59)61-5)37-19-23-63-24-20-37)29-41-49-27-39(51-41)35-15-11-33(12-16-35)9-10-34-13-17-36(18-14-34)40-28-50-42(52-40)30-56(32(4)8-2)46(58)44(54-48(60)62-6)38-21-25-64-26-22-38/h11-18,27-28,31-32,37-38,43-44H,7-8,19-26,29-30H2,1-6H3,(H,49,51)(H,50,52)(H,53,59)(H,54,60). The number of aromatic nitrogens is 4. The summed E-state index contributed by atoms with van der Waals surface area (Å²) in [5.41, 5.74) is 5.17. The Morgan fingerprint density at radius 3 is 1.34 bits per heavy atom. The van der Waals surface area contributed by atoms with E-state index >= 15 is 0 Å². The van der Waals surface area contributed by atoms with Crippen molar-refractivity contribution in [2.45, 2.75) is 103 Å². The van der Waals surface area contributed by atoms with Crippen LogP contribution >= 0.6 is 0 Å². The molecule has 4 aromatic rings. The van der Waals surface area contributed by atoms with Crippen LogP contribution < -0.4 is 10.6 Å². The minimum absolute atomic E-state index is 0.0598. The molecule has 0 aliphatic carbocycles. The van der Waals surface area contributed by atoms with E-state index in [0.717, 1.165) is 46.5 Å². The van der Waals surface area contributed by atoms with Crippen LogP contribution in [0.2, 0.25) is 0 Å². The van der Waals surface area contributed by atoms with Gasteiger partial charge in [0, 0.05) is 49.6 Å². The highest BCUT2D eigenvalue weighted by molar-refractivity contribution is 5.87. The summed E-state index contributed by atoms with van der Waals surface area (Å²) in [5.74, 6) is 7.32. The number of alkyl carbamates (subject to hydrolysis) is 2. The number of imidazole rings is 2. The van der Waals surface area contributed by atoms with Gasteiger partial charge in [0.1, 0.15) is 23.7 Å². The second-order valence-electron chi connectivity index (χ2n) is 16.5. The maximum atomic E-state index is 14.1. The SMILES string of the molecule is CCC(C)N(Cc1ncc(-c2ccc(C#Cc3ccc(-c4cnc(CN(C(=O)C(NC(=O)OC)C5CCOCC5)C(C)CC)[nH]4)cc3)cc2)[nH]1)C(=O)C(NC(=O)OC)C1CCOCC1. The molecular weight excluding hydrogens is 817 g/mol. The van der Waals surface area contributed by atoms with Crippen molar-refractivity contribution in [1.29, 1.82) is 0 Å². The fourth-order valence-corrected chi connectivity index (χ4v) is 8.04. The van der Waals surface area contributed by atoms with Crippen LogP contribution in [0.1, 0.15) is 89.0 Å². The molecule has 4 heterocycles. The molecule has 0 bridgehead atoms. The van der Waals surface area contributed by atoms with E-state index < -0.39 is 24.3 Å². The van der Waals surface area contributed by atoms with Crippen molar-refractivity contribution in [1.82, 2.24) is 40.4 Å². The lowest BCUT2D eigenvalue weighted by atomic mass is 9.90. The molecule has 2 fully saturated rings. The summed E-state index contributed by atoms with van der Waals surface area (Å²) < 4.78 is 20.8. The molecular formula is C48H62N8O8. The molecule has 2 aliphatic rings. The molecule has 4 unspecified atom stereocenters. The van der Waals surface area contributed by atoms with E-state index in [2.05, 4.69) is 42.4 Å². The van der Waals surface area contributed by atoms with Gasteiger partial charge in [0.15, 0.2) is 0 Å². The average Bonchev–Trinajstić information content (AvgIpc) is 4.03. The third kappa shape index (κ3) is 12.3. The van der Waals surface area contributed by atoms with Gasteiger partial charge < -0.3 is 49.3 Å². The first-order chi connectivity index (χ1) is 31.0. The topological polar surface area (TPSA) is 193 Å². The number of amides is 4. The molecule has 0 spiro atoms. The molecule has 16 nitrogen and oxygen atoms in total. The molecule has 64 heavy (non-hydrogen) atoms. The van der Waals surface area contributed by atoms with Crippen LogP contribution in [-0.2, 0) is 41.6 Å². The fraction of sp³-hybridized carbons (Fsp3) is 0.500. The van der Waals surface area contributed by atoms with E-state index in [0.29, 0.717) is 63.8 Å². The molecule has 2 saturated heterocycles. The van der Waals surface area contributed by atoms with Crippen LogP contribution in [-0.4, -0.2) is 119 Å². The minimum atomic E-state index is -0.728. The number of nitrogens with one attached hydrogen (secondary N) is 4. The number of methoxy groups -OCH3 is 2. The predicted octanol–water partition coefficient (Wildman–Crippen LogP) is 6.42. The third-order valence-corrected chi connectivity index (χ3v) is 12.4. The van der Waals surface area contributed by atoms with Crippen molar-refractivity contribution >= 4 is 24.0 Å². The maximum absolute atomic E-state index is 14.1. The number of rotatable bonds is 16. The number of hydrogen-bond acceptors (Lipinski definition) is 10. The number of hydrogen-bond donors (Lipinski definition) is 4. The molecule has 4 atom stereocenters. The highest BCUT2D eigenvalue weighted by atomic mass is 16.5. The Bertz CT molecular complexity index is 2060. The predicted molar refractivity (Wildman–Crippen MR) is 240 cm³/mol. The summed E-state index contributed by atoms with van der Waals surface area (Å²) >= 11 is 0. The Morgan fingerprint density at radius 1 is 0.656 bits per heavy atom. The van der Waals surface area contributed by atoms with E-state index in [9.17, 15) is 19.2 Å². The number of carbonyl (C=O) groups excluding carboxylic acids is 4. The second kappa shape index (κ2) is 23.0. The van der Waals surface area contributed by atoms with Gasteiger partial charge in [-0.05, 0) is 99.6 Å². The van der Waals surface area contributed by atoms with Gasteiger partial charge in [-0.25, -0.2) is 19.6 Å². The van der Waals surface area contributed by atoms with Gasteiger partial charge in [0.2, 0.25) is 11.8 Å². The lowest BCUT2D eigenvalue weighted by Crippen LogP contribution is -2.55. The van der Waals surface area contributed by atoms with Gasteiger partial charge in [-0.2, -0.15) is 0 Å². The average molecular weight is 879 g/mol. The van der Waals surface area contributed by atoms with Crippen LogP contribution in [0.25, 0.3) is 22.5 Å². The van der Waals surface area contributed by atoms with Crippen LogP contribution in [0.5, 0.6) is 0 Å². The molecule has 0 radical (unpaired) electrons. The molecule has 0 saturated carbocycles. The molecule has 16 heteroatoms. The largest absolute Gasteiger partial charge is 0.453 e. The number of nitrogens with zero attached hydrogens (tertiary/aromatic N) is 4. The van der Waals surface area contributed by atoms with Gasteiger partial charge in [-0.15, -0.1) is 0 Å². The zero-order valence-electron chi connectivity index (χ0n) is 37.8. The summed E-state index contributed by atoms with van der Waals surface area (Å²) in [6.07, 6.45) is 6.40. The van der Waals surface area contributed by atoms with Gasteiger partial charge in [-0.3, -0.25) is 9.59 Å². The van der Waals surface area contributed by atoms with Gasteiger partial charge in [-0.1, -0.05) is 50.0 Å². The highest BCUT2D eigenvalue weighted by Gasteiger charge is 2.38. The first-order valence-corrected chi connectivity index (χ1v) is 22.3. The lowest BCUT2D eigenvalue weighted by molar-refractivity contribution is -0.139. The molecule has 4 amide bonds. The Labute approximate surface area is 375 Å². The Kier molecular flexibility index (Phi) is 17.0. The van der Waals surface area contributed by atoms with Crippen LogP contribution in [0, 0.1) is 23.7 Å². The molecule has 2 aliphatic heterocycles. The highest BCUT2D eigenvalue weighted by Crippen LogP contribution is 2.26. The Morgan fingerprint density at radius 2 is 1.02 bits per heavy atom. The number of ether oxygens (including phenoxy) is 4. The second-order valence-corrected chi connectivity index (χ2v) is 16.5. The minimum Gasteiger partial charge on any atom is -0.453 e. The lowest BCUT2D eigenvalue weighted by Gasteiger charge is -2.36. The van der Waals surface area contributed by atoms with Gasteiger partial charge in [0.25, 0.3) is 0 Å². The van der Waals surface area contributed by atoms with E-state index in [1.165, 1.54) is 14.2 Å². The number of benzene rings is 2. The van der Waals surface area contributed by atoms with Crippen LogP contribution in [0.3, 0.4) is 0 Å². The van der Waals surface area contributed by atoms with Crippen molar-refractivity contribution < 1.29 is 38.1 Å². The monoisotopic (exact) mass is 878 g/mol. The molecule has 2 aromatic carbocycles. The number of aromatic amines is 2. The third-order valence-electron chi connectivity index (χ3n) is 12.4. The van der Waals surface area contributed by atoms with E-state index in [1.807, 2.05) is 76.2 Å². The van der Waals surface area contributed by atoms with Crippen LogP contribution in [0.15, 0.2) is 60.9 Å². The van der Waals surface area contributed by atoms with E-state index in [-0.39, 0.29) is 48.8 Å². The number of carbonyl (C=O) groups is 4. The zero-order chi connectivity index (χ0) is 45.6. The van der Waals surface area contributed by atoms with E-state index in [1.54, 1.807) is 22.2 Å². The maximum Gasteiger partial charge on any atom is 0.407 e. The summed E-state index contributed by atoms with van der Waals surface area (Å²) in [5, 5.41) is 5.60. The first kappa shape index (κ1) is 47.3. The normalized spacial score (nSPS) is 16.3. The van der Waals surface area contributed by atoms with Crippen molar-refractivity contribution in [2.75, 3.05) is 40.6 Å². The summed E-state index contributed by atoms with van der Waals surface area (Å²) in [7, 11) is 2.59. The molecule has 342 valence electrons. The summed E-state index contributed by atoms with van der Waals surface area (Å²) in [6, 6.07) is 14.1. The smallest absolute Gasteiger partial charge is 0.407 e. The molecule has 6 rings (SSSR count). The van der Waals surface area contributed by atoms with Crippen molar-refractivity contribution in [3.63, 3.8) is 0 Å². The fourth-order valence-electron chi connectivity index (χ4n) is 8.04. The van der Waals surface area contributed by atoms with Gasteiger partial charge >= 0.3 is 12.2 Å². The number of H-pyrrole nitrogens is 2. The summed E-state index contributed by atoms with van der Waals surface area (Å²) in [6.45, 7) is 10.7. The summed E-state index contributed by atoms with van der Waals surface area (Å²) in [4.78, 5) is 72.3. The van der Waals surface area contributed by atoms with Crippen molar-refractivity contribution in [2.24, 2.45) is 11.8 Å². The van der Waals surface area contributed by atoms with Crippen molar-refractivity contribution in [3.8, 4) is 34.4 Å². The first-order valence-electron chi connectivity index (χ1n) is 22.3. The molecule has 4 N–H and O–H groups in total. The van der Waals surface area contributed by atoms with E-state index in [4.69, 9.17) is 18.9 Å². The Balaban J connectivity index is 1.08. The van der Waals surface area contributed by atoms with Gasteiger partial charge in [0.05, 0.1) is 51.1 Å². The molecule has 2 aromatic heterocycles. The zero-order valence-corrected chi connectivity index (χ0v) is 37.8.